The maximum atomic E-state index is 11.9. The average Bonchev–Trinajstić information content (AvgIpc) is 3.22. The van der Waals surface area contributed by atoms with Crippen LogP contribution in [0, 0.1) is 0 Å². The third-order valence-electron chi connectivity index (χ3n) is 3.69. The number of carbonyl (C=O) groups is 1. The van der Waals surface area contributed by atoms with Crippen LogP contribution < -0.4 is 5.32 Å². The van der Waals surface area contributed by atoms with E-state index in [1.54, 1.807) is 11.3 Å². The largest absolute Gasteiger partial charge is 0.464 e. The van der Waals surface area contributed by atoms with Gasteiger partial charge in [-0.2, -0.15) is 0 Å². The third kappa shape index (κ3) is 2.98. The van der Waals surface area contributed by atoms with Crippen molar-refractivity contribution >= 4 is 17.3 Å². The zero-order valence-corrected chi connectivity index (χ0v) is 12.7. The molecule has 1 aliphatic heterocycles. The van der Waals surface area contributed by atoms with Crippen LogP contribution >= 0.6 is 11.3 Å². The normalized spacial score (nSPS) is 18.0. The summed E-state index contributed by atoms with van der Waals surface area (Å²) in [4.78, 5) is 13.2. The summed E-state index contributed by atoms with van der Waals surface area (Å²) in [5.74, 6) is -0.416. The smallest absolute Gasteiger partial charge is 0.360 e. The second-order valence-electron chi connectivity index (χ2n) is 5.02. The van der Waals surface area contributed by atoms with Crippen LogP contribution in [0.3, 0.4) is 0 Å². The highest BCUT2D eigenvalue weighted by atomic mass is 32.1. The summed E-state index contributed by atoms with van der Waals surface area (Å²) < 4.78 is 6.66. The first-order valence-corrected chi connectivity index (χ1v) is 7.95. The molecule has 0 amide bonds. The van der Waals surface area contributed by atoms with Gasteiger partial charge in [0.15, 0.2) is 5.69 Å². The number of esters is 1. The number of hydrogen-bond acceptors (Lipinski definition) is 6. The number of aryl methyl sites for hydroxylation is 2. The lowest BCUT2D eigenvalue weighted by Gasteiger charge is -2.13. The van der Waals surface area contributed by atoms with Crippen molar-refractivity contribution in [1.29, 1.82) is 0 Å². The van der Waals surface area contributed by atoms with E-state index >= 15 is 0 Å². The van der Waals surface area contributed by atoms with Crippen LogP contribution in [0.15, 0.2) is 17.5 Å². The zero-order chi connectivity index (χ0) is 14.7. The van der Waals surface area contributed by atoms with Gasteiger partial charge in [0.25, 0.3) is 0 Å². The molecule has 0 bridgehead atoms. The Hall–Kier alpha value is -1.73. The van der Waals surface area contributed by atoms with Gasteiger partial charge in [0, 0.05) is 17.8 Å². The van der Waals surface area contributed by atoms with E-state index in [1.165, 1.54) is 12.0 Å². The van der Waals surface area contributed by atoms with Crippen LogP contribution in [-0.2, 0) is 17.7 Å². The molecule has 1 unspecified atom stereocenters. The SMILES string of the molecule is COC(=O)c1nnn(CCc2cccs2)c1C1CCCN1. The molecule has 0 saturated carbocycles. The highest BCUT2D eigenvalue weighted by Gasteiger charge is 2.29. The van der Waals surface area contributed by atoms with E-state index in [-0.39, 0.29) is 6.04 Å². The lowest BCUT2D eigenvalue weighted by atomic mass is 10.1. The molecule has 1 N–H and O–H groups in total. The van der Waals surface area contributed by atoms with Gasteiger partial charge in [-0.15, -0.1) is 16.4 Å². The first-order chi connectivity index (χ1) is 10.3. The maximum Gasteiger partial charge on any atom is 0.360 e. The fraction of sp³-hybridized carbons (Fsp3) is 0.500. The van der Waals surface area contributed by atoms with Gasteiger partial charge in [0.2, 0.25) is 0 Å². The molecule has 1 aliphatic rings. The Balaban J connectivity index is 1.84. The number of methoxy groups -OCH3 is 1. The fourth-order valence-electron chi connectivity index (χ4n) is 2.66. The molecule has 3 rings (SSSR count). The number of ether oxygens (including phenoxy) is 1. The Labute approximate surface area is 127 Å². The molecule has 6 nitrogen and oxygen atoms in total. The molecule has 21 heavy (non-hydrogen) atoms. The van der Waals surface area contributed by atoms with Crippen LogP contribution in [0.4, 0.5) is 0 Å². The quantitative estimate of drug-likeness (QED) is 0.853. The van der Waals surface area contributed by atoms with Gasteiger partial charge in [-0.05, 0) is 30.8 Å². The van der Waals surface area contributed by atoms with Gasteiger partial charge < -0.3 is 10.1 Å². The number of thiophene rings is 1. The van der Waals surface area contributed by atoms with Gasteiger partial charge in [0.05, 0.1) is 18.8 Å². The van der Waals surface area contributed by atoms with Crippen LogP contribution in [0.2, 0.25) is 0 Å². The maximum absolute atomic E-state index is 11.9. The molecule has 2 aromatic rings. The monoisotopic (exact) mass is 306 g/mol. The molecule has 0 radical (unpaired) electrons. The minimum atomic E-state index is -0.416. The van der Waals surface area contributed by atoms with Crippen molar-refractivity contribution < 1.29 is 9.53 Å². The molecule has 0 spiro atoms. The number of carbonyl (C=O) groups excluding carboxylic acids is 1. The summed E-state index contributed by atoms with van der Waals surface area (Å²) >= 11 is 1.73. The van der Waals surface area contributed by atoms with Gasteiger partial charge >= 0.3 is 5.97 Å². The molecule has 7 heteroatoms. The van der Waals surface area contributed by atoms with Crippen molar-refractivity contribution in [3.8, 4) is 0 Å². The number of hydrogen-bond donors (Lipinski definition) is 1. The van der Waals surface area contributed by atoms with Gasteiger partial charge in [-0.1, -0.05) is 11.3 Å². The van der Waals surface area contributed by atoms with E-state index in [2.05, 4.69) is 27.1 Å². The van der Waals surface area contributed by atoms with E-state index in [9.17, 15) is 4.79 Å². The predicted molar refractivity (Wildman–Crippen MR) is 79.4 cm³/mol. The highest BCUT2D eigenvalue weighted by molar-refractivity contribution is 7.09. The Morgan fingerprint density at radius 3 is 3.19 bits per heavy atom. The standard InChI is InChI=1S/C14H18N4O2S/c1-20-14(19)12-13(11-5-2-7-15-11)18(17-16-12)8-6-10-4-3-9-21-10/h3-4,9,11,15H,2,5-8H2,1H3. The van der Waals surface area contributed by atoms with E-state index in [4.69, 9.17) is 4.74 Å². The topological polar surface area (TPSA) is 69.0 Å². The summed E-state index contributed by atoms with van der Waals surface area (Å²) in [5.41, 5.74) is 1.19. The van der Waals surface area contributed by atoms with Crippen molar-refractivity contribution in [2.45, 2.75) is 31.8 Å². The zero-order valence-electron chi connectivity index (χ0n) is 11.9. The first-order valence-electron chi connectivity index (χ1n) is 7.07. The summed E-state index contributed by atoms with van der Waals surface area (Å²) in [7, 11) is 1.37. The summed E-state index contributed by atoms with van der Waals surface area (Å²) in [6.07, 6.45) is 2.99. The summed E-state index contributed by atoms with van der Waals surface area (Å²) in [6, 6.07) is 4.29. The van der Waals surface area contributed by atoms with E-state index in [0.29, 0.717) is 5.69 Å². The molecule has 0 aromatic carbocycles. The Morgan fingerprint density at radius 2 is 2.52 bits per heavy atom. The molecular formula is C14H18N4O2S. The average molecular weight is 306 g/mol. The van der Waals surface area contributed by atoms with Crippen LogP contribution in [-0.4, -0.2) is 34.6 Å². The molecule has 1 atom stereocenters. The lowest BCUT2D eigenvalue weighted by Crippen LogP contribution is -2.21. The number of rotatable bonds is 5. The molecule has 1 saturated heterocycles. The molecule has 0 aliphatic carbocycles. The highest BCUT2D eigenvalue weighted by Crippen LogP contribution is 2.26. The number of nitrogens with zero attached hydrogens (tertiary/aromatic N) is 3. The van der Waals surface area contributed by atoms with Crippen LogP contribution in [0.5, 0.6) is 0 Å². The molecule has 1 fully saturated rings. The Kier molecular flexibility index (Phi) is 4.31. The van der Waals surface area contributed by atoms with Crippen molar-refractivity contribution in [2.75, 3.05) is 13.7 Å². The van der Waals surface area contributed by atoms with Gasteiger partial charge in [0.1, 0.15) is 0 Å². The van der Waals surface area contributed by atoms with E-state index in [1.807, 2.05) is 10.7 Å². The third-order valence-corrected chi connectivity index (χ3v) is 4.63. The van der Waals surface area contributed by atoms with Gasteiger partial charge in [-0.3, -0.25) is 0 Å². The Morgan fingerprint density at radius 1 is 1.62 bits per heavy atom. The summed E-state index contributed by atoms with van der Waals surface area (Å²) in [6.45, 7) is 1.68. The number of nitrogens with one attached hydrogen (secondary N) is 1. The second kappa shape index (κ2) is 6.36. The first kappa shape index (κ1) is 14.2. The van der Waals surface area contributed by atoms with Crippen molar-refractivity contribution in [2.24, 2.45) is 0 Å². The predicted octanol–water partition coefficient (Wildman–Crippen LogP) is 1.79. The minimum Gasteiger partial charge on any atom is -0.464 e. The van der Waals surface area contributed by atoms with E-state index < -0.39 is 5.97 Å². The molecule has 3 heterocycles. The van der Waals surface area contributed by atoms with Crippen molar-refractivity contribution in [3.05, 3.63) is 33.8 Å². The Bertz CT molecular complexity index is 603. The second-order valence-corrected chi connectivity index (χ2v) is 6.05. The van der Waals surface area contributed by atoms with Crippen LogP contribution in [0.1, 0.15) is 39.9 Å². The van der Waals surface area contributed by atoms with Gasteiger partial charge in [-0.25, -0.2) is 9.48 Å². The minimum absolute atomic E-state index is 0.137. The molecule has 2 aromatic heterocycles. The summed E-state index contributed by atoms with van der Waals surface area (Å²) in [5, 5.41) is 13.7. The number of aromatic nitrogens is 3. The fourth-order valence-corrected chi connectivity index (χ4v) is 3.36. The molecule has 112 valence electrons. The van der Waals surface area contributed by atoms with Crippen molar-refractivity contribution in [3.63, 3.8) is 0 Å². The van der Waals surface area contributed by atoms with Crippen LogP contribution in [0.25, 0.3) is 0 Å². The van der Waals surface area contributed by atoms with E-state index in [0.717, 1.165) is 38.0 Å². The van der Waals surface area contributed by atoms with Crippen molar-refractivity contribution in [1.82, 2.24) is 20.3 Å². The molecular weight excluding hydrogens is 288 g/mol. The lowest BCUT2D eigenvalue weighted by molar-refractivity contribution is 0.0591.